The van der Waals surface area contributed by atoms with E-state index in [2.05, 4.69) is 5.32 Å². The van der Waals surface area contributed by atoms with Crippen LogP contribution >= 0.6 is 0 Å². The summed E-state index contributed by atoms with van der Waals surface area (Å²) in [4.78, 5) is 10.9. The predicted molar refractivity (Wildman–Crippen MR) is 70.6 cm³/mol. The highest BCUT2D eigenvalue weighted by molar-refractivity contribution is 5.48. The first kappa shape index (κ1) is 15.1. The number of ether oxygens (including phenoxy) is 1. The number of rotatable bonds is 5. The van der Waals surface area contributed by atoms with Crippen LogP contribution in [0.2, 0.25) is 0 Å². The molecule has 0 saturated heterocycles. The largest absolute Gasteiger partial charge is 0.465 e. The molecule has 2 N–H and O–H groups in total. The molecule has 1 saturated carbocycles. The second-order valence-electron chi connectivity index (χ2n) is 5.98. The average molecular weight is 255 g/mol. The van der Waals surface area contributed by atoms with E-state index >= 15 is 0 Å². The number of carbonyl (C=O) groups excluding carboxylic acids is 1. The maximum Gasteiger partial charge on any atom is 0.276 e. The lowest BCUT2D eigenvalue weighted by atomic mass is 9.84. The van der Waals surface area contributed by atoms with E-state index in [4.69, 9.17) is 4.74 Å². The highest BCUT2D eigenvalue weighted by atomic mass is 16.5. The van der Waals surface area contributed by atoms with Crippen LogP contribution in [0, 0.1) is 5.92 Å². The molecule has 18 heavy (non-hydrogen) atoms. The van der Waals surface area contributed by atoms with Gasteiger partial charge < -0.3 is 15.2 Å². The SMILES string of the molecule is CC(C)(C)OC(=C=O)N[C@H](CO)C1CCCCC1. The van der Waals surface area contributed by atoms with Crippen molar-refractivity contribution in [2.75, 3.05) is 6.61 Å². The second-order valence-corrected chi connectivity index (χ2v) is 5.98. The zero-order valence-corrected chi connectivity index (χ0v) is 11.7. The molecule has 0 spiro atoms. The summed E-state index contributed by atoms with van der Waals surface area (Å²) in [5.74, 6) is 2.30. The molecule has 0 bridgehead atoms. The first-order valence-electron chi connectivity index (χ1n) is 6.78. The van der Waals surface area contributed by atoms with Crippen LogP contribution in [0.25, 0.3) is 0 Å². The van der Waals surface area contributed by atoms with Crippen LogP contribution in [0.5, 0.6) is 0 Å². The van der Waals surface area contributed by atoms with E-state index in [1.807, 2.05) is 20.8 Å². The van der Waals surface area contributed by atoms with Gasteiger partial charge in [0, 0.05) is 0 Å². The molecule has 0 aromatic heterocycles. The van der Waals surface area contributed by atoms with Gasteiger partial charge in [-0.05, 0) is 39.5 Å². The lowest BCUT2D eigenvalue weighted by molar-refractivity contribution is 0.0322. The number of hydrogen-bond acceptors (Lipinski definition) is 4. The highest BCUT2D eigenvalue weighted by Crippen LogP contribution is 2.27. The molecule has 104 valence electrons. The normalized spacial score (nSPS) is 18.9. The van der Waals surface area contributed by atoms with Crippen LogP contribution in [0.1, 0.15) is 52.9 Å². The number of nitrogens with one attached hydrogen (secondary N) is 1. The van der Waals surface area contributed by atoms with Gasteiger partial charge in [-0.2, -0.15) is 0 Å². The maximum absolute atomic E-state index is 10.9. The first-order valence-corrected chi connectivity index (χ1v) is 6.78. The Hall–Kier alpha value is -0.990. The monoisotopic (exact) mass is 255 g/mol. The molecule has 0 aromatic carbocycles. The molecule has 4 heteroatoms. The molecule has 0 radical (unpaired) electrons. The minimum atomic E-state index is -0.438. The van der Waals surface area contributed by atoms with E-state index < -0.39 is 5.60 Å². The molecule has 0 aliphatic heterocycles. The van der Waals surface area contributed by atoms with Crippen molar-refractivity contribution in [1.82, 2.24) is 5.32 Å². The summed E-state index contributed by atoms with van der Waals surface area (Å²) in [5, 5.41) is 12.5. The third-order valence-corrected chi connectivity index (χ3v) is 3.23. The van der Waals surface area contributed by atoms with Gasteiger partial charge in [0.1, 0.15) is 5.60 Å². The second kappa shape index (κ2) is 6.81. The lowest BCUT2D eigenvalue weighted by Gasteiger charge is -2.31. The minimum absolute atomic E-state index is 0.0172. The molecule has 1 atom stereocenters. The Labute approximate surface area is 109 Å². The predicted octanol–water partition coefficient (Wildman–Crippen LogP) is 2.01. The molecule has 4 nitrogen and oxygen atoms in total. The topological polar surface area (TPSA) is 58.6 Å². The fraction of sp³-hybridized carbons (Fsp3) is 0.857. The Morgan fingerprint density at radius 1 is 1.39 bits per heavy atom. The van der Waals surface area contributed by atoms with Gasteiger partial charge in [0.05, 0.1) is 12.6 Å². The third-order valence-electron chi connectivity index (χ3n) is 3.23. The Kier molecular flexibility index (Phi) is 5.70. The summed E-state index contributed by atoms with van der Waals surface area (Å²) in [6.07, 6.45) is 5.86. The molecule has 1 aliphatic carbocycles. The standard InChI is InChI=1S/C14H25NO3/c1-14(2,3)18-13(10-17)15-12(9-16)11-7-5-4-6-8-11/h11-12,15-16H,4-9H2,1-3H3/t12-/m1/s1. The zero-order valence-electron chi connectivity index (χ0n) is 11.7. The van der Waals surface area contributed by atoms with Crippen molar-refractivity contribution in [3.63, 3.8) is 0 Å². The van der Waals surface area contributed by atoms with Crippen molar-refractivity contribution < 1.29 is 14.6 Å². The van der Waals surface area contributed by atoms with Gasteiger partial charge in [-0.1, -0.05) is 19.3 Å². The van der Waals surface area contributed by atoms with Gasteiger partial charge in [-0.3, -0.25) is 0 Å². The van der Waals surface area contributed by atoms with Gasteiger partial charge in [0.25, 0.3) is 5.88 Å². The van der Waals surface area contributed by atoms with Crippen molar-refractivity contribution in [1.29, 1.82) is 0 Å². The van der Waals surface area contributed by atoms with E-state index in [0.717, 1.165) is 12.8 Å². The molecule has 1 fully saturated rings. The lowest BCUT2D eigenvalue weighted by Crippen LogP contribution is -2.41. The van der Waals surface area contributed by atoms with Crippen LogP contribution in [-0.4, -0.2) is 29.3 Å². The summed E-state index contributed by atoms with van der Waals surface area (Å²) in [6, 6.07) is -0.107. The van der Waals surface area contributed by atoms with E-state index in [1.165, 1.54) is 19.3 Å². The van der Waals surface area contributed by atoms with Crippen LogP contribution in [0.15, 0.2) is 5.88 Å². The first-order chi connectivity index (χ1) is 8.46. The number of aliphatic hydroxyl groups is 1. The molecular weight excluding hydrogens is 230 g/mol. The summed E-state index contributed by atoms with van der Waals surface area (Å²) in [7, 11) is 0. The molecule has 1 aliphatic rings. The molecular formula is C14H25NO3. The number of hydrogen-bond donors (Lipinski definition) is 2. The van der Waals surface area contributed by atoms with Crippen molar-refractivity contribution in [2.45, 2.75) is 64.5 Å². The van der Waals surface area contributed by atoms with Gasteiger partial charge in [-0.25, -0.2) is 4.79 Å². The highest BCUT2D eigenvalue weighted by Gasteiger charge is 2.25. The van der Waals surface area contributed by atoms with Crippen LogP contribution in [0.3, 0.4) is 0 Å². The number of aliphatic hydroxyl groups excluding tert-OH is 1. The van der Waals surface area contributed by atoms with Crippen molar-refractivity contribution in [3.8, 4) is 0 Å². The van der Waals surface area contributed by atoms with Crippen LogP contribution < -0.4 is 5.32 Å². The van der Waals surface area contributed by atoms with Gasteiger partial charge in [0.15, 0.2) is 5.94 Å². The Balaban J connectivity index is 2.57. The van der Waals surface area contributed by atoms with Gasteiger partial charge in [0.2, 0.25) is 0 Å². The average Bonchev–Trinajstić information content (AvgIpc) is 2.34. The van der Waals surface area contributed by atoms with Crippen LogP contribution in [0.4, 0.5) is 0 Å². The van der Waals surface area contributed by atoms with E-state index in [0.29, 0.717) is 5.92 Å². The zero-order chi connectivity index (χ0) is 13.6. The van der Waals surface area contributed by atoms with Gasteiger partial charge >= 0.3 is 0 Å². The van der Waals surface area contributed by atoms with Crippen LogP contribution in [-0.2, 0) is 9.53 Å². The molecule has 1 rings (SSSR count). The minimum Gasteiger partial charge on any atom is -0.465 e. The van der Waals surface area contributed by atoms with E-state index in [-0.39, 0.29) is 18.5 Å². The molecule has 0 aromatic rings. The smallest absolute Gasteiger partial charge is 0.276 e. The summed E-state index contributed by atoms with van der Waals surface area (Å²) in [6.45, 7) is 5.64. The molecule has 0 unspecified atom stereocenters. The fourth-order valence-corrected chi connectivity index (χ4v) is 2.40. The Bertz CT molecular complexity index is 297. The summed E-state index contributed by atoms with van der Waals surface area (Å²) >= 11 is 0. The summed E-state index contributed by atoms with van der Waals surface area (Å²) < 4.78 is 5.48. The Morgan fingerprint density at radius 3 is 2.44 bits per heavy atom. The van der Waals surface area contributed by atoms with E-state index in [1.54, 1.807) is 5.94 Å². The Morgan fingerprint density at radius 2 is 2.00 bits per heavy atom. The summed E-state index contributed by atoms with van der Waals surface area (Å²) in [5.41, 5.74) is -0.438. The van der Waals surface area contributed by atoms with Crippen molar-refractivity contribution in [2.24, 2.45) is 5.92 Å². The fourth-order valence-electron chi connectivity index (χ4n) is 2.40. The van der Waals surface area contributed by atoms with Crippen molar-refractivity contribution >= 4 is 5.94 Å². The maximum atomic E-state index is 10.9. The molecule has 0 amide bonds. The molecule has 0 heterocycles. The third kappa shape index (κ3) is 5.11. The van der Waals surface area contributed by atoms with Crippen molar-refractivity contribution in [3.05, 3.63) is 5.88 Å². The quantitative estimate of drug-likeness (QED) is 0.583. The van der Waals surface area contributed by atoms with E-state index in [9.17, 15) is 9.90 Å². The van der Waals surface area contributed by atoms with Gasteiger partial charge in [-0.15, -0.1) is 0 Å².